The van der Waals surface area contributed by atoms with Gasteiger partial charge in [-0.2, -0.15) is 0 Å². The molecule has 0 unspecified atom stereocenters. The molecule has 0 atom stereocenters. The quantitative estimate of drug-likeness (QED) is 0.160. The molecular formula is C40H40BrIrN4-. The molecule has 0 spiro atoms. The van der Waals surface area contributed by atoms with Crippen molar-refractivity contribution in [2.45, 2.75) is 89.9 Å². The molecule has 2 aliphatic carbocycles. The van der Waals surface area contributed by atoms with Crippen molar-refractivity contribution >= 4 is 15.9 Å². The molecule has 0 bridgehead atoms. The summed E-state index contributed by atoms with van der Waals surface area (Å²) < 4.78 is 1.02. The summed E-state index contributed by atoms with van der Waals surface area (Å²) in [5.41, 5.74) is 10.0. The molecule has 2 saturated carbocycles. The van der Waals surface area contributed by atoms with Crippen molar-refractivity contribution < 1.29 is 20.1 Å². The monoisotopic (exact) mass is 848 g/mol. The van der Waals surface area contributed by atoms with Gasteiger partial charge in [0.05, 0.1) is 0 Å². The summed E-state index contributed by atoms with van der Waals surface area (Å²) in [6, 6.07) is 27.2. The van der Waals surface area contributed by atoms with E-state index in [1.165, 1.54) is 92.0 Å². The van der Waals surface area contributed by atoms with E-state index < -0.39 is 0 Å². The fourth-order valence-electron chi connectivity index (χ4n) is 7.23. The molecule has 2 fully saturated rings. The molecule has 3 aromatic carbocycles. The van der Waals surface area contributed by atoms with Crippen LogP contribution >= 0.6 is 15.9 Å². The molecular weight excluding hydrogens is 809 g/mol. The number of halogens is 1. The van der Waals surface area contributed by atoms with Crippen molar-refractivity contribution in [2.24, 2.45) is 0 Å². The smallest absolute Gasteiger partial charge is 0.164 e. The maximum absolute atomic E-state index is 5.10. The summed E-state index contributed by atoms with van der Waals surface area (Å²) in [7, 11) is 0. The average Bonchev–Trinajstić information content (AvgIpc) is 3.08. The Balaban J connectivity index is 0.00000372. The van der Waals surface area contributed by atoms with Crippen LogP contribution in [0.25, 0.3) is 44.9 Å². The van der Waals surface area contributed by atoms with E-state index in [9.17, 15) is 0 Å². The number of benzene rings is 3. The molecule has 46 heavy (non-hydrogen) atoms. The van der Waals surface area contributed by atoms with Crippen LogP contribution in [-0.4, -0.2) is 19.9 Å². The fourth-order valence-corrected chi connectivity index (χ4v) is 7.79. The molecule has 1 radical (unpaired) electrons. The zero-order valence-corrected chi connectivity index (χ0v) is 30.6. The first-order valence-electron chi connectivity index (χ1n) is 16.6. The molecule has 0 aliphatic heterocycles. The van der Waals surface area contributed by atoms with E-state index in [1.807, 2.05) is 6.20 Å². The second-order valence-electron chi connectivity index (χ2n) is 13.0. The van der Waals surface area contributed by atoms with Crippen molar-refractivity contribution in [1.29, 1.82) is 0 Å². The van der Waals surface area contributed by atoms with Gasteiger partial charge in [0.15, 0.2) is 5.82 Å². The van der Waals surface area contributed by atoms with Gasteiger partial charge in [0.2, 0.25) is 0 Å². The van der Waals surface area contributed by atoms with Gasteiger partial charge in [-0.1, -0.05) is 136 Å². The number of hydrogen-bond donors (Lipinski definition) is 0. The third-order valence-corrected chi connectivity index (χ3v) is 10.2. The predicted molar refractivity (Wildman–Crippen MR) is 187 cm³/mol. The zero-order chi connectivity index (χ0) is 30.8. The molecule has 7 rings (SSSR count). The molecule has 0 amide bonds. The van der Waals surface area contributed by atoms with Gasteiger partial charge in [0.25, 0.3) is 0 Å². The van der Waals surface area contributed by atoms with Gasteiger partial charge in [-0.3, -0.25) is 0 Å². The first kappa shape index (κ1) is 32.9. The van der Waals surface area contributed by atoms with Gasteiger partial charge >= 0.3 is 0 Å². The molecule has 5 aromatic rings. The Morgan fingerprint density at radius 2 is 1.26 bits per heavy atom. The van der Waals surface area contributed by atoms with Gasteiger partial charge in [-0.25, -0.2) is 15.0 Å². The Morgan fingerprint density at radius 3 is 1.83 bits per heavy atom. The Kier molecular flexibility index (Phi) is 10.6. The maximum Gasteiger partial charge on any atom is 0.164 e. The molecule has 2 aliphatic rings. The minimum absolute atomic E-state index is 0. The molecule has 237 valence electrons. The van der Waals surface area contributed by atoms with E-state index in [1.54, 1.807) is 0 Å². The van der Waals surface area contributed by atoms with Gasteiger partial charge in [-0.15, -0.1) is 23.8 Å². The molecule has 6 heteroatoms. The molecule has 2 aromatic heterocycles. The first-order chi connectivity index (χ1) is 22.0. The van der Waals surface area contributed by atoms with Crippen LogP contribution in [0.3, 0.4) is 0 Å². The minimum Gasteiger partial charge on any atom is -0.304 e. The van der Waals surface area contributed by atoms with Crippen molar-refractivity contribution in [2.75, 3.05) is 0 Å². The summed E-state index contributed by atoms with van der Waals surface area (Å²) in [6.07, 6.45) is 14.4. The van der Waals surface area contributed by atoms with Crippen LogP contribution in [0.4, 0.5) is 0 Å². The number of aryl methyl sites for hydroxylation is 2. The summed E-state index contributed by atoms with van der Waals surface area (Å²) in [4.78, 5) is 20.1. The van der Waals surface area contributed by atoms with Gasteiger partial charge < -0.3 is 4.98 Å². The Labute approximate surface area is 295 Å². The second kappa shape index (κ2) is 14.8. The molecule has 4 nitrogen and oxygen atoms in total. The third-order valence-electron chi connectivity index (χ3n) is 9.56. The van der Waals surface area contributed by atoms with Crippen LogP contribution in [0, 0.1) is 19.9 Å². The number of hydrogen-bond acceptors (Lipinski definition) is 4. The van der Waals surface area contributed by atoms with Crippen molar-refractivity contribution in [3.8, 4) is 44.9 Å². The standard InChI is InChI=1S/C40H40BrN4.Ir/c1-26-21-27(2)23-32(22-26)33-15-9-10-16-34(33)35-19-17-30(24-36(35)41)37-20-18-31(25-42-37)40-44-38(28-11-5-3-6-12-28)43-39(45-40)29-13-7-4-8-14-29;/h9-10,15-16,18-25,28-29H,3-8,11-14H2,1-2H3;/q-1;. The normalized spacial score (nSPS) is 15.8. The van der Waals surface area contributed by atoms with Crippen LogP contribution in [0.1, 0.15) is 98.8 Å². The average molecular weight is 849 g/mol. The van der Waals surface area contributed by atoms with Gasteiger partial charge in [0, 0.05) is 43.7 Å². The van der Waals surface area contributed by atoms with Crippen LogP contribution in [-0.2, 0) is 20.1 Å². The van der Waals surface area contributed by atoms with E-state index in [0.29, 0.717) is 11.8 Å². The SMILES string of the molecule is Cc1cc(C)cc(-c2ccccc2-c2c[c-]c(-c3ccc(-c4nc(C5CCCCC5)nc(C5CCCCC5)n4)cn3)cc2Br)c1.[Ir]. The Bertz CT molecular complexity index is 1750. The van der Waals surface area contributed by atoms with Gasteiger partial charge in [0.1, 0.15) is 11.6 Å². The summed E-state index contributed by atoms with van der Waals surface area (Å²) in [6.45, 7) is 4.31. The Hall–Kier alpha value is -3.05. The number of aromatic nitrogens is 4. The summed E-state index contributed by atoms with van der Waals surface area (Å²) in [5.74, 6) is 3.66. The maximum atomic E-state index is 5.10. The molecule has 0 N–H and O–H groups in total. The van der Waals surface area contributed by atoms with Crippen molar-refractivity contribution in [1.82, 2.24) is 19.9 Å². The van der Waals surface area contributed by atoms with Crippen LogP contribution in [0.15, 0.2) is 77.4 Å². The molecule has 0 saturated heterocycles. The fraction of sp³-hybridized carbons (Fsp3) is 0.350. The second-order valence-corrected chi connectivity index (χ2v) is 13.9. The minimum atomic E-state index is 0. The summed E-state index contributed by atoms with van der Waals surface area (Å²) >= 11 is 3.88. The van der Waals surface area contributed by atoms with Crippen molar-refractivity contribution in [3.63, 3.8) is 0 Å². The number of nitrogens with zero attached hydrogens (tertiary/aromatic N) is 4. The van der Waals surface area contributed by atoms with E-state index in [2.05, 4.69) is 103 Å². The summed E-state index contributed by atoms with van der Waals surface area (Å²) in [5, 5.41) is 0. The largest absolute Gasteiger partial charge is 0.304 e. The van der Waals surface area contributed by atoms with E-state index in [0.717, 1.165) is 44.3 Å². The first-order valence-corrected chi connectivity index (χ1v) is 17.4. The predicted octanol–water partition coefficient (Wildman–Crippen LogP) is 11.2. The van der Waals surface area contributed by atoms with E-state index in [4.69, 9.17) is 19.9 Å². The number of pyridine rings is 1. The van der Waals surface area contributed by atoms with E-state index >= 15 is 0 Å². The van der Waals surface area contributed by atoms with Crippen LogP contribution in [0.2, 0.25) is 0 Å². The third kappa shape index (κ3) is 7.25. The Morgan fingerprint density at radius 1 is 0.652 bits per heavy atom. The topological polar surface area (TPSA) is 51.6 Å². The number of rotatable bonds is 6. The zero-order valence-electron chi connectivity index (χ0n) is 26.7. The van der Waals surface area contributed by atoms with E-state index in [-0.39, 0.29) is 20.1 Å². The van der Waals surface area contributed by atoms with Crippen LogP contribution < -0.4 is 0 Å². The van der Waals surface area contributed by atoms with Crippen molar-refractivity contribution in [3.05, 3.63) is 106 Å². The van der Waals surface area contributed by atoms with Crippen LogP contribution in [0.5, 0.6) is 0 Å². The molecule has 2 heterocycles. The van der Waals surface area contributed by atoms with Gasteiger partial charge in [-0.05, 0) is 56.4 Å².